The average Bonchev–Trinajstić information content (AvgIpc) is 2.37. The second kappa shape index (κ2) is 5.48. The first-order valence-corrected chi connectivity index (χ1v) is 6.19. The van der Waals surface area contributed by atoms with Crippen molar-refractivity contribution in [3.05, 3.63) is 57.3 Å². The first kappa shape index (κ1) is 13.7. The standard InChI is InChI=1S/C14H9Cl2FN2/c1-8-4-12(16)14(6-11(8)15)19-13-3-2-10(17)5-9(13)7-18/h2-6,19H,1H3. The lowest BCUT2D eigenvalue weighted by Crippen LogP contribution is -1.96. The fraction of sp³-hybridized carbons (Fsp3) is 0.0714. The highest BCUT2D eigenvalue weighted by Gasteiger charge is 2.08. The van der Waals surface area contributed by atoms with E-state index in [1.165, 1.54) is 12.1 Å². The number of aryl methyl sites for hydroxylation is 1. The van der Waals surface area contributed by atoms with Crippen LogP contribution in [0.1, 0.15) is 11.1 Å². The Bertz CT molecular complexity index is 678. The van der Waals surface area contributed by atoms with Crippen molar-refractivity contribution < 1.29 is 4.39 Å². The molecule has 0 atom stereocenters. The van der Waals surface area contributed by atoms with Crippen LogP contribution in [0.3, 0.4) is 0 Å². The molecule has 0 saturated carbocycles. The summed E-state index contributed by atoms with van der Waals surface area (Å²) in [5.74, 6) is -0.463. The summed E-state index contributed by atoms with van der Waals surface area (Å²) >= 11 is 12.1. The lowest BCUT2D eigenvalue weighted by atomic mass is 10.1. The number of benzene rings is 2. The summed E-state index contributed by atoms with van der Waals surface area (Å²) in [7, 11) is 0. The number of anilines is 2. The molecule has 2 aromatic rings. The molecule has 0 aromatic heterocycles. The van der Waals surface area contributed by atoms with E-state index < -0.39 is 5.82 Å². The molecule has 0 aliphatic rings. The van der Waals surface area contributed by atoms with Crippen molar-refractivity contribution >= 4 is 34.6 Å². The number of hydrogen-bond acceptors (Lipinski definition) is 2. The van der Waals surface area contributed by atoms with Crippen LogP contribution in [0.5, 0.6) is 0 Å². The SMILES string of the molecule is Cc1cc(Cl)c(Nc2ccc(F)cc2C#N)cc1Cl. The minimum atomic E-state index is -0.463. The van der Waals surface area contributed by atoms with Crippen LogP contribution >= 0.6 is 23.2 Å². The van der Waals surface area contributed by atoms with E-state index >= 15 is 0 Å². The van der Waals surface area contributed by atoms with E-state index in [1.54, 1.807) is 12.1 Å². The molecule has 19 heavy (non-hydrogen) atoms. The van der Waals surface area contributed by atoms with Crippen LogP contribution in [0.4, 0.5) is 15.8 Å². The molecule has 2 nitrogen and oxygen atoms in total. The van der Waals surface area contributed by atoms with Crippen molar-refractivity contribution in [3.63, 3.8) is 0 Å². The molecule has 0 fully saturated rings. The Hall–Kier alpha value is -1.76. The van der Waals surface area contributed by atoms with Crippen LogP contribution in [0.15, 0.2) is 30.3 Å². The number of nitriles is 1. The molecule has 2 rings (SSSR count). The van der Waals surface area contributed by atoms with Gasteiger partial charge in [0.2, 0.25) is 0 Å². The molecule has 2 aromatic carbocycles. The Kier molecular flexibility index (Phi) is 3.94. The lowest BCUT2D eigenvalue weighted by molar-refractivity contribution is 0.627. The summed E-state index contributed by atoms with van der Waals surface area (Å²) in [6.07, 6.45) is 0. The fourth-order valence-corrected chi connectivity index (χ4v) is 2.03. The zero-order chi connectivity index (χ0) is 14.0. The molecule has 0 aliphatic carbocycles. The van der Waals surface area contributed by atoms with Gasteiger partial charge in [0, 0.05) is 5.02 Å². The van der Waals surface area contributed by atoms with E-state index in [4.69, 9.17) is 28.5 Å². The second-order valence-electron chi connectivity index (χ2n) is 4.01. The van der Waals surface area contributed by atoms with Gasteiger partial charge < -0.3 is 5.32 Å². The van der Waals surface area contributed by atoms with Gasteiger partial charge in [0.1, 0.15) is 11.9 Å². The maximum atomic E-state index is 13.0. The predicted octanol–water partition coefficient (Wildman–Crippen LogP) is 5.06. The van der Waals surface area contributed by atoms with Crippen LogP contribution in [0.2, 0.25) is 10.0 Å². The molecule has 0 aliphatic heterocycles. The zero-order valence-corrected chi connectivity index (χ0v) is 11.5. The topological polar surface area (TPSA) is 35.8 Å². The molecule has 0 saturated heterocycles. The summed E-state index contributed by atoms with van der Waals surface area (Å²) in [5.41, 5.74) is 2.11. The zero-order valence-electron chi connectivity index (χ0n) is 9.97. The summed E-state index contributed by atoms with van der Waals surface area (Å²) < 4.78 is 13.0. The van der Waals surface area contributed by atoms with Crippen molar-refractivity contribution in [2.24, 2.45) is 0 Å². The molecular formula is C14H9Cl2FN2. The Balaban J connectivity index is 2.42. The van der Waals surface area contributed by atoms with E-state index in [1.807, 2.05) is 13.0 Å². The van der Waals surface area contributed by atoms with Crippen LogP contribution in [-0.4, -0.2) is 0 Å². The van der Waals surface area contributed by atoms with Gasteiger partial charge in [0.25, 0.3) is 0 Å². The monoisotopic (exact) mass is 294 g/mol. The highest BCUT2D eigenvalue weighted by atomic mass is 35.5. The Morgan fingerprint density at radius 3 is 2.53 bits per heavy atom. The average molecular weight is 295 g/mol. The Morgan fingerprint density at radius 2 is 1.84 bits per heavy atom. The molecule has 0 spiro atoms. The smallest absolute Gasteiger partial charge is 0.124 e. The Labute approximate surface area is 120 Å². The molecule has 5 heteroatoms. The maximum absolute atomic E-state index is 13.0. The van der Waals surface area contributed by atoms with Gasteiger partial charge in [0.05, 0.1) is 22.0 Å². The minimum absolute atomic E-state index is 0.202. The van der Waals surface area contributed by atoms with Gasteiger partial charge in [-0.1, -0.05) is 23.2 Å². The van der Waals surface area contributed by atoms with E-state index in [2.05, 4.69) is 5.32 Å². The van der Waals surface area contributed by atoms with E-state index in [0.717, 1.165) is 11.6 Å². The quantitative estimate of drug-likeness (QED) is 0.841. The van der Waals surface area contributed by atoms with Gasteiger partial charge in [-0.05, 0) is 42.8 Å². The molecule has 0 unspecified atom stereocenters. The molecule has 1 N–H and O–H groups in total. The van der Waals surface area contributed by atoms with Gasteiger partial charge >= 0.3 is 0 Å². The van der Waals surface area contributed by atoms with Gasteiger partial charge in [-0.2, -0.15) is 5.26 Å². The first-order chi connectivity index (χ1) is 9.01. The van der Waals surface area contributed by atoms with Gasteiger partial charge in [0.15, 0.2) is 0 Å². The van der Waals surface area contributed by atoms with Gasteiger partial charge in [-0.25, -0.2) is 4.39 Å². The van der Waals surface area contributed by atoms with Gasteiger partial charge in [-0.3, -0.25) is 0 Å². The molecule has 0 amide bonds. The third-order valence-electron chi connectivity index (χ3n) is 2.62. The van der Waals surface area contributed by atoms with Crippen LogP contribution < -0.4 is 5.32 Å². The number of nitrogens with zero attached hydrogens (tertiary/aromatic N) is 1. The normalized spacial score (nSPS) is 10.1. The maximum Gasteiger partial charge on any atom is 0.124 e. The van der Waals surface area contributed by atoms with E-state index in [0.29, 0.717) is 21.4 Å². The van der Waals surface area contributed by atoms with Gasteiger partial charge in [-0.15, -0.1) is 0 Å². The van der Waals surface area contributed by atoms with E-state index in [9.17, 15) is 4.39 Å². The highest BCUT2D eigenvalue weighted by Crippen LogP contribution is 2.32. The van der Waals surface area contributed by atoms with Crippen LogP contribution in [0.25, 0.3) is 0 Å². The summed E-state index contributed by atoms with van der Waals surface area (Å²) in [4.78, 5) is 0. The molecule has 0 heterocycles. The van der Waals surface area contributed by atoms with Crippen molar-refractivity contribution in [1.82, 2.24) is 0 Å². The predicted molar refractivity (Wildman–Crippen MR) is 75.6 cm³/mol. The van der Waals surface area contributed by atoms with E-state index in [-0.39, 0.29) is 5.56 Å². The summed E-state index contributed by atoms with van der Waals surface area (Å²) in [5, 5.41) is 13.0. The van der Waals surface area contributed by atoms with Crippen LogP contribution in [-0.2, 0) is 0 Å². The van der Waals surface area contributed by atoms with Crippen molar-refractivity contribution in [3.8, 4) is 6.07 Å². The summed E-state index contributed by atoms with van der Waals surface area (Å²) in [6.45, 7) is 1.84. The van der Waals surface area contributed by atoms with Crippen LogP contribution in [0, 0.1) is 24.1 Å². The second-order valence-corrected chi connectivity index (χ2v) is 4.82. The number of hydrogen-bond donors (Lipinski definition) is 1. The first-order valence-electron chi connectivity index (χ1n) is 5.43. The molecular weight excluding hydrogens is 286 g/mol. The van der Waals surface area contributed by atoms with Crippen molar-refractivity contribution in [1.29, 1.82) is 5.26 Å². The number of rotatable bonds is 2. The van der Waals surface area contributed by atoms with Crippen molar-refractivity contribution in [2.75, 3.05) is 5.32 Å². The lowest BCUT2D eigenvalue weighted by Gasteiger charge is -2.11. The third-order valence-corrected chi connectivity index (χ3v) is 3.34. The molecule has 0 radical (unpaired) electrons. The van der Waals surface area contributed by atoms with Crippen molar-refractivity contribution in [2.45, 2.75) is 6.92 Å². The highest BCUT2D eigenvalue weighted by molar-refractivity contribution is 6.35. The Morgan fingerprint density at radius 1 is 1.11 bits per heavy atom. The third kappa shape index (κ3) is 2.98. The fourth-order valence-electron chi connectivity index (χ4n) is 1.61. The number of halogens is 3. The molecule has 96 valence electrons. The number of nitrogens with one attached hydrogen (secondary N) is 1. The summed E-state index contributed by atoms with van der Waals surface area (Å²) in [6, 6.07) is 9.23. The minimum Gasteiger partial charge on any atom is -0.353 e. The molecule has 0 bridgehead atoms. The largest absolute Gasteiger partial charge is 0.353 e.